The molecule has 0 radical (unpaired) electrons. The SMILES string of the molecule is C=CCN(CC=C)C(=O)[C@H]1CCCN1. The zero-order valence-electron chi connectivity index (χ0n) is 8.54. The standard InChI is InChI=1S/C11H18N2O/c1-3-8-13(9-4-2)11(14)10-6-5-7-12-10/h3-4,10,12H,1-2,5-9H2/t10-/m1/s1. The highest BCUT2D eigenvalue weighted by Gasteiger charge is 2.25. The van der Waals surface area contributed by atoms with Crippen LogP contribution in [-0.4, -0.2) is 36.5 Å². The summed E-state index contributed by atoms with van der Waals surface area (Å²) in [5.74, 6) is 0.169. The van der Waals surface area contributed by atoms with Gasteiger partial charge in [-0.15, -0.1) is 13.2 Å². The molecule has 3 heteroatoms. The van der Waals surface area contributed by atoms with E-state index in [0.29, 0.717) is 13.1 Å². The van der Waals surface area contributed by atoms with Gasteiger partial charge in [-0.25, -0.2) is 0 Å². The Balaban J connectivity index is 2.51. The number of rotatable bonds is 5. The first-order chi connectivity index (χ1) is 6.79. The van der Waals surface area contributed by atoms with E-state index in [1.165, 1.54) is 0 Å². The smallest absolute Gasteiger partial charge is 0.240 e. The van der Waals surface area contributed by atoms with E-state index in [1.54, 1.807) is 17.1 Å². The van der Waals surface area contributed by atoms with Gasteiger partial charge in [0, 0.05) is 13.1 Å². The molecule has 1 N–H and O–H groups in total. The molecule has 1 atom stereocenters. The Hall–Kier alpha value is -1.09. The number of amides is 1. The fourth-order valence-electron chi connectivity index (χ4n) is 1.68. The van der Waals surface area contributed by atoms with Crippen LogP contribution < -0.4 is 5.32 Å². The summed E-state index contributed by atoms with van der Waals surface area (Å²) in [4.78, 5) is 13.7. The van der Waals surface area contributed by atoms with E-state index in [0.717, 1.165) is 19.4 Å². The van der Waals surface area contributed by atoms with Crippen LogP contribution in [0.1, 0.15) is 12.8 Å². The van der Waals surface area contributed by atoms with Crippen LogP contribution in [0.15, 0.2) is 25.3 Å². The average Bonchev–Trinajstić information content (AvgIpc) is 2.69. The Bertz CT molecular complexity index is 209. The van der Waals surface area contributed by atoms with Crippen LogP contribution in [0.25, 0.3) is 0 Å². The molecule has 0 aromatic heterocycles. The zero-order valence-corrected chi connectivity index (χ0v) is 8.54. The van der Waals surface area contributed by atoms with Crippen molar-refractivity contribution < 1.29 is 4.79 Å². The molecule has 14 heavy (non-hydrogen) atoms. The highest BCUT2D eigenvalue weighted by molar-refractivity contribution is 5.82. The van der Waals surface area contributed by atoms with Gasteiger partial charge in [0.2, 0.25) is 5.91 Å². The van der Waals surface area contributed by atoms with Crippen molar-refractivity contribution in [3.05, 3.63) is 25.3 Å². The molecule has 1 heterocycles. The Morgan fingerprint density at radius 3 is 2.50 bits per heavy atom. The molecular formula is C11H18N2O. The van der Waals surface area contributed by atoms with Crippen molar-refractivity contribution in [3.8, 4) is 0 Å². The maximum absolute atomic E-state index is 11.9. The first-order valence-electron chi connectivity index (χ1n) is 5.03. The molecule has 1 rings (SSSR count). The molecule has 0 saturated carbocycles. The predicted octanol–water partition coefficient (Wildman–Crippen LogP) is 0.939. The van der Waals surface area contributed by atoms with Crippen molar-refractivity contribution in [1.82, 2.24) is 10.2 Å². The van der Waals surface area contributed by atoms with Gasteiger partial charge in [0.1, 0.15) is 0 Å². The maximum Gasteiger partial charge on any atom is 0.240 e. The molecule has 1 saturated heterocycles. The fourth-order valence-corrected chi connectivity index (χ4v) is 1.68. The van der Waals surface area contributed by atoms with Crippen LogP contribution in [0.2, 0.25) is 0 Å². The second-order valence-electron chi connectivity index (χ2n) is 3.47. The quantitative estimate of drug-likeness (QED) is 0.661. The zero-order chi connectivity index (χ0) is 10.4. The van der Waals surface area contributed by atoms with Crippen molar-refractivity contribution in [1.29, 1.82) is 0 Å². The Morgan fingerprint density at radius 1 is 1.43 bits per heavy atom. The van der Waals surface area contributed by atoms with Gasteiger partial charge >= 0.3 is 0 Å². The van der Waals surface area contributed by atoms with Crippen molar-refractivity contribution in [3.63, 3.8) is 0 Å². The molecule has 78 valence electrons. The summed E-state index contributed by atoms with van der Waals surface area (Å²) in [5.41, 5.74) is 0. The van der Waals surface area contributed by atoms with Gasteiger partial charge in [0.05, 0.1) is 6.04 Å². The largest absolute Gasteiger partial charge is 0.334 e. The lowest BCUT2D eigenvalue weighted by Crippen LogP contribution is -2.43. The minimum absolute atomic E-state index is 0.00917. The average molecular weight is 194 g/mol. The Labute approximate surface area is 85.5 Å². The van der Waals surface area contributed by atoms with E-state index in [9.17, 15) is 4.79 Å². The van der Waals surface area contributed by atoms with Crippen molar-refractivity contribution in [2.24, 2.45) is 0 Å². The lowest BCUT2D eigenvalue weighted by molar-refractivity contribution is -0.132. The van der Waals surface area contributed by atoms with Crippen LogP contribution in [0, 0.1) is 0 Å². The van der Waals surface area contributed by atoms with Gasteiger partial charge in [0.15, 0.2) is 0 Å². The van der Waals surface area contributed by atoms with Crippen molar-refractivity contribution >= 4 is 5.91 Å². The minimum atomic E-state index is 0.00917. The number of nitrogens with one attached hydrogen (secondary N) is 1. The van der Waals surface area contributed by atoms with E-state index in [4.69, 9.17) is 0 Å². The van der Waals surface area contributed by atoms with Gasteiger partial charge in [-0.05, 0) is 19.4 Å². The highest BCUT2D eigenvalue weighted by atomic mass is 16.2. The lowest BCUT2D eigenvalue weighted by atomic mass is 10.2. The van der Waals surface area contributed by atoms with Crippen LogP contribution in [0.3, 0.4) is 0 Å². The van der Waals surface area contributed by atoms with Crippen LogP contribution in [0.5, 0.6) is 0 Å². The summed E-state index contributed by atoms with van der Waals surface area (Å²) in [6.45, 7) is 9.44. The molecule has 1 amide bonds. The molecule has 0 aromatic rings. The number of nitrogens with zero attached hydrogens (tertiary/aromatic N) is 1. The minimum Gasteiger partial charge on any atom is -0.334 e. The summed E-state index contributed by atoms with van der Waals surface area (Å²) in [7, 11) is 0. The summed E-state index contributed by atoms with van der Waals surface area (Å²) >= 11 is 0. The molecule has 0 unspecified atom stereocenters. The Kier molecular flexibility index (Phi) is 4.40. The molecule has 0 aliphatic carbocycles. The number of carbonyl (C=O) groups excluding carboxylic acids is 1. The van der Waals surface area contributed by atoms with Gasteiger partial charge < -0.3 is 10.2 Å². The second kappa shape index (κ2) is 5.60. The monoisotopic (exact) mass is 194 g/mol. The van der Waals surface area contributed by atoms with Crippen LogP contribution in [0.4, 0.5) is 0 Å². The van der Waals surface area contributed by atoms with Gasteiger partial charge in [-0.3, -0.25) is 4.79 Å². The maximum atomic E-state index is 11.9. The molecule has 1 fully saturated rings. The summed E-state index contributed by atoms with van der Waals surface area (Å²) in [5, 5.41) is 3.19. The highest BCUT2D eigenvalue weighted by Crippen LogP contribution is 2.08. The van der Waals surface area contributed by atoms with Crippen LogP contribution in [-0.2, 0) is 4.79 Å². The third-order valence-electron chi connectivity index (χ3n) is 2.37. The summed E-state index contributed by atoms with van der Waals surface area (Å²) < 4.78 is 0. The summed E-state index contributed by atoms with van der Waals surface area (Å²) in [6.07, 6.45) is 5.53. The lowest BCUT2D eigenvalue weighted by Gasteiger charge is -2.22. The van der Waals surface area contributed by atoms with E-state index in [2.05, 4.69) is 18.5 Å². The first-order valence-corrected chi connectivity index (χ1v) is 5.03. The number of hydrogen-bond donors (Lipinski definition) is 1. The molecule has 1 aliphatic heterocycles. The van der Waals surface area contributed by atoms with E-state index < -0.39 is 0 Å². The molecule has 1 aliphatic rings. The molecular weight excluding hydrogens is 176 g/mol. The molecule has 0 spiro atoms. The van der Waals surface area contributed by atoms with Gasteiger partial charge in [-0.2, -0.15) is 0 Å². The predicted molar refractivity (Wildman–Crippen MR) is 58.0 cm³/mol. The topological polar surface area (TPSA) is 32.3 Å². The van der Waals surface area contributed by atoms with Crippen LogP contribution >= 0.6 is 0 Å². The van der Waals surface area contributed by atoms with Crippen molar-refractivity contribution in [2.45, 2.75) is 18.9 Å². The third-order valence-corrected chi connectivity index (χ3v) is 2.37. The van der Waals surface area contributed by atoms with E-state index >= 15 is 0 Å². The van der Waals surface area contributed by atoms with Crippen molar-refractivity contribution in [2.75, 3.05) is 19.6 Å². The third kappa shape index (κ3) is 2.70. The second-order valence-corrected chi connectivity index (χ2v) is 3.47. The normalized spacial score (nSPS) is 20.4. The first kappa shape index (κ1) is 11.0. The van der Waals surface area contributed by atoms with E-state index in [1.807, 2.05) is 0 Å². The summed E-state index contributed by atoms with van der Waals surface area (Å²) in [6, 6.07) is 0.00917. The van der Waals surface area contributed by atoms with E-state index in [-0.39, 0.29) is 11.9 Å². The van der Waals surface area contributed by atoms with Gasteiger partial charge in [0.25, 0.3) is 0 Å². The Morgan fingerprint density at radius 2 is 2.07 bits per heavy atom. The van der Waals surface area contributed by atoms with Gasteiger partial charge in [-0.1, -0.05) is 12.2 Å². The molecule has 3 nitrogen and oxygen atoms in total. The number of carbonyl (C=O) groups is 1. The molecule has 0 bridgehead atoms. The number of hydrogen-bond acceptors (Lipinski definition) is 2. The fraction of sp³-hybridized carbons (Fsp3) is 0.545. The molecule has 0 aromatic carbocycles.